The Morgan fingerprint density at radius 3 is 2.93 bits per heavy atom. The summed E-state index contributed by atoms with van der Waals surface area (Å²) in [4.78, 5) is 13.9. The van der Waals surface area contributed by atoms with Gasteiger partial charge in [0, 0.05) is 44.2 Å². The van der Waals surface area contributed by atoms with E-state index in [1.807, 2.05) is 24.3 Å². The SMILES string of the molecule is CC(F)(F)c1cccc(CN2CCOC(c3ccc4c(c3)CNC4=O)C2)c1. The molecule has 1 unspecified atom stereocenters. The van der Waals surface area contributed by atoms with E-state index in [4.69, 9.17) is 4.74 Å². The van der Waals surface area contributed by atoms with Gasteiger partial charge in [0.2, 0.25) is 0 Å². The maximum Gasteiger partial charge on any atom is 0.270 e. The molecule has 1 atom stereocenters. The molecule has 0 radical (unpaired) electrons. The van der Waals surface area contributed by atoms with Crippen molar-refractivity contribution in [2.75, 3.05) is 19.7 Å². The van der Waals surface area contributed by atoms with E-state index in [0.717, 1.165) is 35.7 Å². The Bertz CT molecular complexity index is 864. The Labute approximate surface area is 157 Å². The molecule has 2 aromatic carbocycles. The maximum absolute atomic E-state index is 13.6. The minimum absolute atomic E-state index is 0.0321. The van der Waals surface area contributed by atoms with Crippen LogP contribution in [0.25, 0.3) is 0 Å². The lowest BCUT2D eigenvalue weighted by Gasteiger charge is -2.33. The van der Waals surface area contributed by atoms with Crippen molar-refractivity contribution in [1.82, 2.24) is 10.2 Å². The van der Waals surface area contributed by atoms with Gasteiger partial charge in [0.15, 0.2) is 0 Å². The number of hydrogen-bond donors (Lipinski definition) is 1. The third kappa shape index (κ3) is 3.87. The molecule has 2 aliphatic heterocycles. The number of carbonyl (C=O) groups excluding carboxylic acids is 1. The highest BCUT2D eigenvalue weighted by molar-refractivity contribution is 5.98. The number of benzene rings is 2. The molecule has 0 aromatic heterocycles. The van der Waals surface area contributed by atoms with Gasteiger partial charge in [0.25, 0.3) is 11.8 Å². The molecule has 1 N–H and O–H groups in total. The molecule has 2 aromatic rings. The Morgan fingerprint density at radius 1 is 1.26 bits per heavy atom. The number of alkyl halides is 2. The lowest BCUT2D eigenvalue weighted by atomic mass is 10.0. The van der Waals surface area contributed by atoms with Gasteiger partial charge in [-0.3, -0.25) is 9.69 Å². The molecule has 142 valence electrons. The molecule has 27 heavy (non-hydrogen) atoms. The van der Waals surface area contributed by atoms with E-state index >= 15 is 0 Å². The van der Waals surface area contributed by atoms with Crippen molar-refractivity contribution >= 4 is 5.91 Å². The molecule has 6 heteroatoms. The predicted molar refractivity (Wildman–Crippen MR) is 97.6 cm³/mol. The van der Waals surface area contributed by atoms with Crippen molar-refractivity contribution in [3.8, 4) is 0 Å². The van der Waals surface area contributed by atoms with Gasteiger partial charge in [-0.15, -0.1) is 0 Å². The highest BCUT2D eigenvalue weighted by atomic mass is 19.3. The van der Waals surface area contributed by atoms with E-state index in [0.29, 0.717) is 26.2 Å². The predicted octanol–water partition coefficient (Wildman–Crippen LogP) is 3.62. The first-order chi connectivity index (χ1) is 12.9. The molecule has 2 aliphatic rings. The van der Waals surface area contributed by atoms with Crippen LogP contribution in [0.2, 0.25) is 0 Å². The molecule has 0 bridgehead atoms. The molecule has 1 fully saturated rings. The van der Waals surface area contributed by atoms with Crippen LogP contribution < -0.4 is 5.32 Å². The average Bonchev–Trinajstić information content (AvgIpc) is 3.02. The van der Waals surface area contributed by atoms with Gasteiger partial charge in [0.1, 0.15) is 0 Å². The standard InChI is InChI=1S/C21H22F2N2O2/c1-21(22,23)17-4-2-3-14(9-17)12-25-7-8-27-19(13-25)15-5-6-18-16(10-15)11-24-20(18)26/h2-6,9-10,19H,7-8,11-13H2,1H3,(H,24,26). The Balaban J connectivity index is 1.47. The lowest BCUT2D eigenvalue weighted by Crippen LogP contribution is -2.37. The highest BCUT2D eigenvalue weighted by Gasteiger charge is 2.27. The van der Waals surface area contributed by atoms with Crippen LogP contribution in [0.1, 0.15) is 45.6 Å². The van der Waals surface area contributed by atoms with Crippen LogP contribution in [-0.2, 0) is 23.7 Å². The van der Waals surface area contributed by atoms with E-state index in [-0.39, 0.29) is 17.6 Å². The number of nitrogens with one attached hydrogen (secondary N) is 1. The number of rotatable bonds is 4. The Morgan fingerprint density at radius 2 is 2.11 bits per heavy atom. The number of carbonyl (C=O) groups is 1. The summed E-state index contributed by atoms with van der Waals surface area (Å²) in [6, 6.07) is 12.4. The van der Waals surface area contributed by atoms with Crippen molar-refractivity contribution in [2.45, 2.75) is 32.0 Å². The van der Waals surface area contributed by atoms with E-state index in [2.05, 4.69) is 10.2 Å². The number of ether oxygens (including phenoxy) is 1. The summed E-state index contributed by atoms with van der Waals surface area (Å²) in [6.45, 7) is 4.11. The van der Waals surface area contributed by atoms with Gasteiger partial charge >= 0.3 is 0 Å². The van der Waals surface area contributed by atoms with Crippen molar-refractivity contribution in [1.29, 1.82) is 0 Å². The van der Waals surface area contributed by atoms with E-state index < -0.39 is 5.92 Å². The smallest absolute Gasteiger partial charge is 0.270 e. The van der Waals surface area contributed by atoms with Gasteiger partial charge in [-0.2, -0.15) is 0 Å². The van der Waals surface area contributed by atoms with Gasteiger partial charge in [-0.25, -0.2) is 8.78 Å². The third-order valence-corrected chi connectivity index (χ3v) is 5.18. The van der Waals surface area contributed by atoms with Crippen LogP contribution in [0.5, 0.6) is 0 Å². The first-order valence-corrected chi connectivity index (χ1v) is 9.12. The van der Waals surface area contributed by atoms with Crippen LogP contribution in [0, 0.1) is 0 Å². The molecule has 1 amide bonds. The zero-order valence-electron chi connectivity index (χ0n) is 15.2. The first kappa shape index (κ1) is 18.1. The van der Waals surface area contributed by atoms with E-state index in [9.17, 15) is 13.6 Å². The topological polar surface area (TPSA) is 41.6 Å². The molecule has 1 saturated heterocycles. The van der Waals surface area contributed by atoms with Gasteiger partial charge in [0.05, 0.1) is 12.7 Å². The van der Waals surface area contributed by atoms with Crippen LogP contribution >= 0.6 is 0 Å². The summed E-state index contributed by atoms with van der Waals surface area (Å²) in [6.07, 6.45) is -0.0875. The van der Waals surface area contributed by atoms with Crippen molar-refractivity contribution in [3.63, 3.8) is 0 Å². The Hall–Kier alpha value is -2.31. The monoisotopic (exact) mass is 372 g/mol. The Kier molecular flexibility index (Phi) is 4.70. The van der Waals surface area contributed by atoms with Crippen LogP contribution in [-0.4, -0.2) is 30.5 Å². The number of morpholine rings is 1. The zero-order chi connectivity index (χ0) is 19.0. The fourth-order valence-corrected chi connectivity index (χ4v) is 3.70. The second-order valence-corrected chi connectivity index (χ2v) is 7.28. The quantitative estimate of drug-likeness (QED) is 0.891. The lowest BCUT2D eigenvalue weighted by molar-refractivity contribution is -0.0330. The summed E-state index contributed by atoms with van der Waals surface area (Å²) >= 11 is 0. The van der Waals surface area contributed by atoms with Crippen molar-refractivity contribution in [3.05, 3.63) is 70.3 Å². The van der Waals surface area contributed by atoms with E-state index in [1.54, 1.807) is 12.1 Å². The molecular weight excluding hydrogens is 350 g/mol. The average molecular weight is 372 g/mol. The molecular formula is C21H22F2N2O2. The van der Waals surface area contributed by atoms with Crippen molar-refractivity contribution < 1.29 is 18.3 Å². The van der Waals surface area contributed by atoms with E-state index in [1.165, 1.54) is 6.07 Å². The maximum atomic E-state index is 13.6. The van der Waals surface area contributed by atoms with Crippen molar-refractivity contribution in [2.24, 2.45) is 0 Å². The normalized spacial score (nSPS) is 20.4. The van der Waals surface area contributed by atoms with Gasteiger partial charge in [-0.05, 0) is 28.8 Å². The summed E-state index contributed by atoms with van der Waals surface area (Å²) < 4.78 is 33.1. The molecule has 0 spiro atoms. The number of amides is 1. The van der Waals surface area contributed by atoms with Crippen LogP contribution in [0.15, 0.2) is 42.5 Å². The summed E-state index contributed by atoms with van der Waals surface area (Å²) in [7, 11) is 0. The minimum atomic E-state index is -2.83. The number of fused-ring (bicyclic) bond motifs is 1. The summed E-state index contributed by atoms with van der Waals surface area (Å²) in [5.41, 5.74) is 3.68. The fraction of sp³-hybridized carbons (Fsp3) is 0.381. The fourth-order valence-electron chi connectivity index (χ4n) is 3.70. The summed E-state index contributed by atoms with van der Waals surface area (Å²) in [5.74, 6) is -2.87. The summed E-state index contributed by atoms with van der Waals surface area (Å²) in [5, 5.41) is 2.82. The third-order valence-electron chi connectivity index (χ3n) is 5.18. The highest BCUT2D eigenvalue weighted by Crippen LogP contribution is 2.29. The molecule has 0 aliphatic carbocycles. The van der Waals surface area contributed by atoms with Gasteiger partial charge < -0.3 is 10.1 Å². The minimum Gasteiger partial charge on any atom is -0.371 e. The second-order valence-electron chi connectivity index (χ2n) is 7.28. The number of halogens is 2. The molecule has 0 saturated carbocycles. The van der Waals surface area contributed by atoms with Crippen LogP contribution in [0.3, 0.4) is 0 Å². The second kappa shape index (κ2) is 7.02. The zero-order valence-corrected chi connectivity index (χ0v) is 15.2. The molecule has 4 rings (SSSR count). The van der Waals surface area contributed by atoms with Gasteiger partial charge in [-0.1, -0.05) is 30.3 Å². The molecule has 4 nitrogen and oxygen atoms in total. The molecule has 2 heterocycles. The first-order valence-electron chi connectivity index (χ1n) is 9.12. The van der Waals surface area contributed by atoms with Crippen LogP contribution in [0.4, 0.5) is 8.78 Å². The number of hydrogen-bond acceptors (Lipinski definition) is 3. The largest absolute Gasteiger partial charge is 0.371 e. The number of nitrogens with zero attached hydrogens (tertiary/aromatic N) is 1.